The fourth-order valence-electron chi connectivity index (χ4n) is 1.75. The Bertz CT molecular complexity index is 851. The highest BCUT2D eigenvalue weighted by Gasteiger charge is 2.28. The number of benzene rings is 1. The van der Waals surface area contributed by atoms with Crippen molar-refractivity contribution in [1.82, 2.24) is 0 Å². The average Bonchev–Trinajstić information content (AvgIpc) is 2.33. The standard InChI is InChI=1S/C16H22O6S2/c1-13-7-9-14(10-8-13)24(19,20)22-16(4,5)12-11-15(2,3)21-23(6,17)18/h7-10H,1-6H3. The van der Waals surface area contributed by atoms with Crippen molar-refractivity contribution in [3.63, 3.8) is 0 Å². The van der Waals surface area contributed by atoms with Gasteiger partial charge >= 0.3 is 0 Å². The highest BCUT2D eigenvalue weighted by Crippen LogP contribution is 2.21. The van der Waals surface area contributed by atoms with Gasteiger partial charge in [0.1, 0.15) is 11.2 Å². The Balaban J connectivity index is 3.02. The lowest BCUT2D eigenvalue weighted by Gasteiger charge is -2.21. The number of hydrogen-bond acceptors (Lipinski definition) is 6. The minimum atomic E-state index is -4.00. The van der Waals surface area contributed by atoms with Crippen molar-refractivity contribution < 1.29 is 25.2 Å². The van der Waals surface area contributed by atoms with Crippen molar-refractivity contribution in [3.8, 4) is 11.8 Å². The summed E-state index contributed by atoms with van der Waals surface area (Å²) in [5.74, 6) is 5.22. The van der Waals surface area contributed by atoms with Gasteiger partial charge in [0.25, 0.3) is 20.2 Å². The first-order chi connectivity index (χ1) is 10.6. The van der Waals surface area contributed by atoms with Crippen LogP contribution in [-0.4, -0.2) is 34.3 Å². The zero-order valence-electron chi connectivity index (χ0n) is 14.6. The van der Waals surface area contributed by atoms with Crippen LogP contribution in [0.5, 0.6) is 0 Å². The summed E-state index contributed by atoms with van der Waals surface area (Å²) in [6, 6.07) is 6.23. The molecule has 0 aliphatic carbocycles. The molecule has 0 aromatic heterocycles. The molecule has 1 aromatic rings. The van der Waals surface area contributed by atoms with Crippen molar-refractivity contribution in [3.05, 3.63) is 29.8 Å². The van der Waals surface area contributed by atoms with Gasteiger partial charge in [-0.25, -0.2) is 4.18 Å². The van der Waals surface area contributed by atoms with Gasteiger partial charge in [0.15, 0.2) is 0 Å². The van der Waals surface area contributed by atoms with Crippen molar-refractivity contribution in [2.24, 2.45) is 0 Å². The van der Waals surface area contributed by atoms with Crippen LogP contribution in [0.15, 0.2) is 29.2 Å². The van der Waals surface area contributed by atoms with Crippen LogP contribution < -0.4 is 0 Å². The third-order valence-electron chi connectivity index (χ3n) is 2.65. The second kappa shape index (κ2) is 6.84. The first kappa shape index (κ1) is 20.6. The minimum absolute atomic E-state index is 0.0228. The molecule has 0 saturated heterocycles. The summed E-state index contributed by atoms with van der Waals surface area (Å²) in [5.41, 5.74) is -1.74. The van der Waals surface area contributed by atoms with E-state index in [1.807, 2.05) is 6.92 Å². The van der Waals surface area contributed by atoms with Gasteiger partial charge in [-0.05, 0) is 46.8 Å². The molecule has 1 aromatic carbocycles. The zero-order valence-corrected chi connectivity index (χ0v) is 16.2. The molecular weight excluding hydrogens is 352 g/mol. The topological polar surface area (TPSA) is 86.7 Å². The first-order valence-corrected chi connectivity index (χ1v) is 10.3. The van der Waals surface area contributed by atoms with E-state index in [1.165, 1.54) is 39.8 Å². The molecule has 24 heavy (non-hydrogen) atoms. The van der Waals surface area contributed by atoms with Gasteiger partial charge in [-0.3, -0.25) is 4.18 Å². The van der Waals surface area contributed by atoms with E-state index in [0.717, 1.165) is 11.8 Å². The second-order valence-electron chi connectivity index (χ2n) is 6.41. The van der Waals surface area contributed by atoms with Gasteiger partial charge in [0.2, 0.25) is 0 Å². The van der Waals surface area contributed by atoms with Gasteiger partial charge in [-0.2, -0.15) is 16.8 Å². The lowest BCUT2D eigenvalue weighted by Crippen LogP contribution is -2.30. The summed E-state index contributed by atoms with van der Waals surface area (Å²) >= 11 is 0. The third-order valence-corrected chi connectivity index (χ3v) is 4.86. The maximum atomic E-state index is 12.3. The van der Waals surface area contributed by atoms with Gasteiger partial charge in [0, 0.05) is 0 Å². The fraction of sp³-hybridized carbons (Fsp3) is 0.500. The molecule has 0 N–H and O–H groups in total. The number of hydrogen-bond donors (Lipinski definition) is 0. The fourth-order valence-corrected chi connectivity index (χ4v) is 3.70. The van der Waals surface area contributed by atoms with Crippen LogP contribution in [0.2, 0.25) is 0 Å². The predicted octanol–water partition coefficient (Wildman–Crippen LogP) is 2.24. The van der Waals surface area contributed by atoms with Crippen molar-refractivity contribution >= 4 is 20.2 Å². The largest absolute Gasteiger partial charge is 0.298 e. The molecule has 0 heterocycles. The highest BCUT2D eigenvalue weighted by atomic mass is 32.2. The van der Waals surface area contributed by atoms with E-state index >= 15 is 0 Å². The van der Waals surface area contributed by atoms with Crippen LogP contribution in [0.4, 0.5) is 0 Å². The van der Waals surface area contributed by atoms with Crippen molar-refractivity contribution in [2.45, 2.75) is 50.7 Å². The molecule has 1 rings (SSSR count). The van der Waals surface area contributed by atoms with E-state index in [4.69, 9.17) is 8.37 Å². The number of rotatable bonds is 5. The zero-order chi connectivity index (χ0) is 18.8. The molecule has 8 heteroatoms. The van der Waals surface area contributed by atoms with E-state index in [1.54, 1.807) is 12.1 Å². The van der Waals surface area contributed by atoms with Gasteiger partial charge in [-0.15, -0.1) is 0 Å². The first-order valence-electron chi connectivity index (χ1n) is 7.09. The van der Waals surface area contributed by atoms with E-state index in [9.17, 15) is 16.8 Å². The van der Waals surface area contributed by atoms with Gasteiger partial charge in [0.05, 0.1) is 11.2 Å². The smallest absolute Gasteiger partial charge is 0.251 e. The molecule has 0 fully saturated rings. The summed E-state index contributed by atoms with van der Waals surface area (Å²) in [6.07, 6.45) is 0.917. The van der Waals surface area contributed by atoms with Crippen molar-refractivity contribution in [2.75, 3.05) is 6.26 Å². The Kier molecular flexibility index (Phi) is 5.89. The Labute approximate surface area is 144 Å². The van der Waals surface area contributed by atoms with E-state index in [0.29, 0.717) is 0 Å². The quantitative estimate of drug-likeness (QED) is 0.580. The van der Waals surface area contributed by atoms with Gasteiger partial charge in [-0.1, -0.05) is 29.5 Å². The lowest BCUT2D eigenvalue weighted by molar-refractivity contribution is 0.169. The summed E-state index contributed by atoms with van der Waals surface area (Å²) in [6.45, 7) is 7.72. The Hall–Kier alpha value is -1.40. The number of aryl methyl sites for hydroxylation is 1. The Morgan fingerprint density at radius 3 is 1.67 bits per heavy atom. The summed E-state index contributed by atoms with van der Waals surface area (Å²) in [5, 5.41) is 0. The maximum absolute atomic E-state index is 12.3. The predicted molar refractivity (Wildman–Crippen MR) is 91.3 cm³/mol. The molecule has 0 aliphatic heterocycles. The normalized spacial score (nSPS) is 13.2. The summed E-state index contributed by atoms with van der Waals surface area (Å²) in [4.78, 5) is 0.0228. The minimum Gasteiger partial charge on any atom is -0.251 e. The molecule has 0 radical (unpaired) electrons. The van der Waals surface area contributed by atoms with Crippen LogP contribution in [0, 0.1) is 18.8 Å². The molecule has 0 unspecified atom stereocenters. The molecule has 0 saturated carbocycles. The molecule has 0 atom stereocenters. The average molecular weight is 374 g/mol. The van der Waals surface area contributed by atoms with E-state index < -0.39 is 31.4 Å². The summed E-state index contributed by atoms with van der Waals surface area (Å²) < 4.78 is 57.0. The van der Waals surface area contributed by atoms with Gasteiger partial charge < -0.3 is 0 Å². The lowest BCUT2D eigenvalue weighted by atomic mass is 10.1. The SMILES string of the molecule is Cc1ccc(S(=O)(=O)OC(C)(C)C#CC(C)(C)OS(C)(=O)=O)cc1. The highest BCUT2D eigenvalue weighted by molar-refractivity contribution is 7.86. The molecule has 0 amide bonds. The molecule has 0 spiro atoms. The van der Waals surface area contributed by atoms with Crippen molar-refractivity contribution in [1.29, 1.82) is 0 Å². The Morgan fingerprint density at radius 2 is 1.25 bits per heavy atom. The van der Waals surface area contributed by atoms with Crippen LogP contribution in [-0.2, 0) is 28.6 Å². The molecule has 0 aliphatic rings. The third kappa shape index (κ3) is 7.01. The second-order valence-corrected chi connectivity index (χ2v) is 9.53. The van der Waals surface area contributed by atoms with Crippen LogP contribution in [0.25, 0.3) is 0 Å². The van der Waals surface area contributed by atoms with Crippen LogP contribution in [0.3, 0.4) is 0 Å². The van der Waals surface area contributed by atoms with E-state index in [-0.39, 0.29) is 4.90 Å². The molecular formula is C16H22O6S2. The van der Waals surface area contributed by atoms with Crippen LogP contribution >= 0.6 is 0 Å². The molecule has 134 valence electrons. The van der Waals surface area contributed by atoms with Crippen LogP contribution in [0.1, 0.15) is 33.3 Å². The monoisotopic (exact) mass is 374 g/mol. The maximum Gasteiger partial charge on any atom is 0.298 e. The van der Waals surface area contributed by atoms with E-state index in [2.05, 4.69) is 11.8 Å². The molecule has 0 bridgehead atoms. The molecule has 6 nitrogen and oxygen atoms in total. The summed E-state index contributed by atoms with van der Waals surface area (Å²) in [7, 11) is -7.69. The Morgan fingerprint density at radius 1 is 0.833 bits per heavy atom.